The molecule has 1 aliphatic heterocycles. The lowest BCUT2D eigenvalue weighted by molar-refractivity contribution is -0.115. The average Bonchev–Trinajstić information content (AvgIpc) is 3.32. The summed E-state index contributed by atoms with van der Waals surface area (Å²) >= 11 is 11.0. The number of thiophene rings is 1. The van der Waals surface area contributed by atoms with Crippen LogP contribution < -0.4 is 15.5 Å². The fourth-order valence-electron chi connectivity index (χ4n) is 3.58. The van der Waals surface area contributed by atoms with Crippen molar-refractivity contribution in [2.45, 2.75) is 32.4 Å². The van der Waals surface area contributed by atoms with Gasteiger partial charge in [0, 0.05) is 38.7 Å². The van der Waals surface area contributed by atoms with Crippen LogP contribution in [0.5, 0.6) is 0 Å². The van der Waals surface area contributed by atoms with Crippen molar-refractivity contribution in [1.29, 1.82) is 0 Å². The van der Waals surface area contributed by atoms with Crippen molar-refractivity contribution in [3.63, 3.8) is 0 Å². The van der Waals surface area contributed by atoms with Crippen LogP contribution in [0.25, 0.3) is 0 Å². The van der Waals surface area contributed by atoms with Gasteiger partial charge in [-0.1, -0.05) is 13.0 Å². The SMILES string of the molecule is CCC(=O)Nc1ccc(N2C(=S)N[C@H](c3ccccn3)[C@@H]2c2cc(Br)cs2)cc1C. The number of carbonyl (C=O) groups excluding carboxylic acids is 1. The maximum Gasteiger partial charge on any atom is 0.224 e. The molecule has 1 saturated heterocycles. The van der Waals surface area contributed by atoms with Crippen molar-refractivity contribution in [1.82, 2.24) is 10.3 Å². The van der Waals surface area contributed by atoms with E-state index in [4.69, 9.17) is 12.2 Å². The number of rotatable bonds is 5. The number of nitrogens with zero attached hydrogens (tertiary/aromatic N) is 2. The minimum absolute atomic E-state index is 0.000684. The highest BCUT2D eigenvalue weighted by Gasteiger charge is 2.41. The van der Waals surface area contributed by atoms with E-state index in [0.717, 1.165) is 27.1 Å². The number of hydrogen-bond acceptors (Lipinski definition) is 4. The van der Waals surface area contributed by atoms with Gasteiger partial charge in [-0.2, -0.15) is 0 Å². The number of carbonyl (C=O) groups is 1. The minimum atomic E-state index is -0.0657. The number of nitrogens with one attached hydrogen (secondary N) is 2. The van der Waals surface area contributed by atoms with Crippen LogP contribution in [0.1, 0.15) is 41.6 Å². The van der Waals surface area contributed by atoms with E-state index in [1.807, 2.05) is 44.2 Å². The summed E-state index contributed by atoms with van der Waals surface area (Å²) in [6, 6.07) is 14.0. The quantitative estimate of drug-likeness (QED) is 0.437. The zero-order chi connectivity index (χ0) is 21.3. The van der Waals surface area contributed by atoms with Crippen LogP contribution in [-0.2, 0) is 4.79 Å². The summed E-state index contributed by atoms with van der Waals surface area (Å²) in [6.45, 7) is 3.84. The molecule has 5 nitrogen and oxygen atoms in total. The summed E-state index contributed by atoms with van der Waals surface area (Å²) in [5, 5.41) is 9.16. The van der Waals surface area contributed by atoms with Crippen LogP contribution in [0, 0.1) is 6.92 Å². The van der Waals surface area contributed by atoms with E-state index >= 15 is 0 Å². The molecule has 30 heavy (non-hydrogen) atoms. The Hall–Kier alpha value is -2.29. The summed E-state index contributed by atoms with van der Waals surface area (Å²) in [5.41, 5.74) is 3.73. The van der Waals surface area contributed by atoms with E-state index in [-0.39, 0.29) is 18.0 Å². The molecule has 0 radical (unpaired) electrons. The highest BCUT2D eigenvalue weighted by atomic mass is 79.9. The zero-order valence-electron chi connectivity index (χ0n) is 16.6. The van der Waals surface area contributed by atoms with Crippen LogP contribution in [0.4, 0.5) is 11.4 Å². The normalized spacial score (nSPS) is 18.4. The Kier molecular flexibility index (Phi) is 6.17. The lowest BCUT2D eigenvalue weighted by Gasteiger charge is -2.27. The number of hydrogen-bond donors (Lipinski definition) is 2. The van der Waals surface area contributed by atoms with Crippen LogP contribution in [0.15, 0.2) is 58.5 Å². The van der Waals surface area contributed by atoms with Crippen LogP contribution in [0.3, 0.4) is 0 Å². The maximum absolute atomic E-state index is 11.8. The molecule has 1 amide bonds. The number of amides is 1. The van der Waals surface area contributed by atoms with Gasteiger partial charge in [-0.3, -0.25) is 9.78 Å². The smallest absolute Gasteiger partial charge is 0.224 e. The van der Waals surface area contributed by atoms with Crippen LogP contribution in [0.2, 0.25) is 0 Å². The van der Waals surface area contributed by atoms with Gasteiger partial charge in [-0.15, -0.1) is 11.3 Å². The monoisotopic (exact) mass is 500 g/mol. The second-order valence-corrected chi connectivity index (χ2v) is 9.31. The molecule has 3 aromatic rings. The van der Waals surface area contributed by atoms with Gasteiger partial charge in [0.25, 0.3) is 0 Å². The first-order valence-corrected chi connectivity index (χ1v) is 11.7. The molecule has 0 aliphatic carbocycles. The molecule has 2 atom stereocenters. The van der Waals surface area contributed by atoms with Crippen LogP contribution in [-0.4, -0.2) is 16.0 Å². The Morgan fingerprint density at radius 3 is 2.80 bits per heavy atom. The van der Waals surface area contributed by atoms with Gasteiger partial charge >= 0.3 is 0 Å². The van der Waals surface area contributed by atoms with E-state index in [1.54, 1.807) is 17.5 Å². The van der Waals surface area contributed by atoms with E-state index in [0.29, 0.717) is 11.5 Å². The standard InChI is InChI=1S/C22H21BrN4OS2/c1-3-19(28)25-16-8-7-15(10-13(16)2)27-21(18-11-14(23)12-30-18)20(26-22(27)29)17-6-4-5-9-24-17/h4-12,20-21H,3H2,1-2H3,(H,25,28)(H,26,29)/t20-,21+/m1/s1. The highest BCUT2D eigenvalue weighted by Crippen LogP contribution is 2.44. The van der Waals surface area contributed by atoms with Crippen molar-refractivity contribution in [3.05, 3.63) is 74.6 Å². The summed E-state index contributed by atoms with van der Waals surface area (Å²) in [5.74, 6) is 0.000684. The van der Waals surface area contributed by atoms with Crippen molar-refractivity contribution < 1.29 is 4.79 Å². The largest absolute Gasteiger partial charge is 0.351 e. The number of aromatic nitrogens is 1. The van der Waals surface area contributed by atoms with E-state index in [2.05, 4.69) is 54.0 Å². The average molecular weight is 501 g/mol. The third-order valence-electron chi connectivity index (χ3n) is 5.06. The van der Waals surface area contributed by atoms with Gasteiger partial charge < -0.3 is 15.5 Å². The maximum atomic E-state index is 11.8. The molecule has 0 bridgehead atoms. The first-order valence-electron chi connectivity index (χ1n) is 9.63. The Morgan fingerprint density at radius 1 is 1.33 bits per heavy atom. The summed E-state index contributed by atoms with van der Waals surface area (Å²) in [4.78, 5) is 19.7. The predicted molar refractivity (Wildman–Crippen MR) is 130 cm³/mol. The molecule has 3 heterocycles. The topological polar surface area (TPSA) is 57.3 Å². The molecule has 2 aromatic heterocycles. The van der Waals surface area contributed by atoms with Gasteiger partial charge in [-0.25, -0.2) is 0 Å². The number of halogens is 1. The molecule has 2 N–H and O–H groups in total. The molecule has 8 heteroatoms. The fourth-order valence-corrected chi connectivity index (χ4v) is 5.50. The van der Waals surface area contributed by atoms with Crippen molar-refractivity contribution in [3.8, 4) is 0 Å². The molecular formula is C22H21BrN4OS2. The Bertz CT molecular complexity index is 1090. The zero-order valence-corrected chi connectivity index (χ0v) is 19.8. The van der Waals surface area contributed by atoms with Crippen molar-refractivity contribution >= 4 is 61.9 Å². The second-order valence-electron chi connectivity index (χ2n) is 7.06. The molecular weight excluding hydrogens is 480 g/mol. The molecule has 1 fully saturated rings. The van der Waals surface area contributed by atoms with E-state index in [1.165, 1.54) is 4.88 Å². The number of pyridine rings is 1. The molecule has 154 valence electrons. The van der Waals surface area contributed by atoms with E-state index < -0.39 is 0 Å². The second kappa shape index (κ2) is 8.83. The molecule has 1 aliphatic rings. The first kappa shape index (κ1) is 21.0. The van der Waals surface area contributed by atoms with Gasteiger partial charge in [-0.05, 0) is 77.0 Å². The van der Waals surface area contributed by atoms with Gasteiger partial charge in [0.2, 0.25) is 5.91 Å². The van der Waals surface area contributed by atoms with E-state index in [9.17, 15) is 4.79 Å². The fraction of sp³-hybridized carbons (Fsp3) is 0.227. The Balaban J connectivity index is 1.74. The van der Waals surface area contributed by atoms with Gasteiger partial charge in [0.15, 0.2) is 5.11 Å². The lowest BCUT2D eigenvalue weighted by atomic mass is 10.0. The third-order valence-corrected chi connectivity index (χ3v) is 7.14. The summed E-state index contributed by atoms with van der Waals surface area (Å²) < 4.78 is 1.05. The number of anilines is 2. The molecule has 4 rings (SSSR count). The lowest BCUT2D eigenvalue weighted by Crippen LogP contribution is -2.29. The summed E-state index contributed by atoms with van der Waals surface area (Å²) in [7, 11) is 0. The van der Waals surface area contributed by atoms with Crippen LogP contribution >= 0.6 is 39.5 Å². The Morgan fingerprint density at radius 2 is 2.17 bits per heavy atom. The highest BCUT2D eigenvalue weighted by molar-refractivity contribution is 9.10. The Labute approximate surface area is 193 Å². The molecule has 0 spiro atoms. The molecule has 0 saturated carbocycles. The van der Waals surface area contributed by atoms with Crippen molar-refractivity contribution in [2.75, 3.05) is 10.2 Å². The molecule has 0 unspecified atom stereocenters. The van der Waals surface area contributed by atoms with Gasteiger partial charge in [0.05, 0.1) is 17.8 Å². The predicted octanol–water partition coefficient (Wildman–Crippen LogP) is 5.74. The minimum Gasteiger partial charge on any atom is -0.351 e. The number of aryl methyl sites for hydroxylation is 1. The molecule has 1 aromatic carbocycles. The summed E-state index contributed by atoms with van der Waals surface area (Å²) in [6.07, 6.45) is 2.25. The van der Waals surface area contributed by atoms with Crippen molar-refractivity contribution in [2.24, 2.45) is 0 Å². The first-order chi connectivity index (χ1) is 14.5. The number of benzene rings is 1. The number of thiocarbonyl (C=S) groups is 1. The third kappa shape index (κ3) is 4.12. The van der Waals surface area contributed by atoms with Gasteiger partial charge in [0.1, 0.15) is 0 Å².